The first-order valence-electron chi connectivity index (χ1n) is 7.32. The minimum Gasteiger partial charge on any atom is -0.329 e. The van der Waals surface area contributed by atoms with Gasteiger partial charge in [0.15, 0.2) is 0 Å². The van der Waals surface area contributed by atoms with Gasteiger partial charge in [-0.15, -0.1) is 0 Å². The molecule has 0 spiro atoms. The number of fused-ring (bicyclic) bond motifs is 1. The number of sulfonamides is 1. The highest BCUT2D eigenvalue weighted by Gasteiger charge is 2.41. The van der Waals surface area contributed by atoms with E-state index in [-0.39, 0.29) is 12.6 Å². The van der Waals surface area contributed by atoms with Gasteiger partial charge in [-0.3, -0.25) is 0 Å². The Kier molecular flexibility index (Phi) is 4.67. The molecule has 1 aliphatic heterocycles. The number of rotatable bonds is 4. The summed E-state index contributed by atoms with van der Waals surface area (Å²) >= 11 is 0. The van der Waals surface area contributed by atoms with Gasteiger partial charge in [0.2, 0.25) is 10.0 Å². The van der Waals surface area contributed by atoms with Crippen LogP contribution >= 0.6 is 0 Å². The van der Waals surface area contributed by atoms with Gasteiger partial charge in [0, 0.05) is 19.1 Å². The van der Waals surface area contributed by atoms with Gasteiger partial charge in [-0.25, -0.2) is 8.42 Å². The third-order valence-corrected chi connectivity index (χ3v) is 7.13. The summed E-state index contributed by atoms with van der Waals surface area (Å²) in [4.78, 5) is 0. The van der Waals surface area contributed by atoms with Gasteiger partial charge >= 0.3 is 0 Å². The van der Waals surface area contributed by atoms with Crippen LogP contribution in [0.25, 0.3) is 0 Å². The van der Waals surface area contributed by atoms with Crippen molar-refractivity contribution >= 4 is 10.0 Å². The fourth-order valence-corrected chi connectivity index (χ4v) is 5.67. The van der Waals surface area contributed by atoms with Crippen LogP contribution in [0.1, 0.15) is 51.9 Å². The second-order valence-corrected chi connectivity index (χ2v) is 7.84. The number of hydrogen-bond acceptors (Lipinski definition) is 3. The zero-order valence-corrected chi connectivity index (χ0v) is 12.2. The van der Waals surface area contributed by atoms with Crippen LogP contribution in [0.5, 0.6) is 0 Å². The normalized spacial score (nSPS) is 31.9. The predicted molar refractivity (Wildman–Crippen MR) is 73.7 cm³/mol. The van der Waals surface area contributed by atoms with E-state index in [1.165, 1.54) is 25.7 Å². The molecule has 2 rings (SSSR count). The molecule has 1 heterocycles. The Balaban J connectivity index is 2.19. The summed E-state index contributed by atoms with van der Waals surface area (Å²) in [5.41, 5.74) is 5.64. The standard InChI is InChI=1S/C13H26N2O2S/c1-2-12(10-14)18(16,17)15-9-5-7-11-6-3-4-8-13(11)15/h11-13H,2-10,14H2,1H3. The van der Waals surface area contributed by atoms with Crippen molar-refractivity contribution < 1.29 is 8.42 Å². The summed E-state index contributed by atoms with van der Waals surface area (Å²) in [5.74, 6) is 0.595. The molecule has 3 unspecified atom stereocenters. The summed E-state index contributed by atoms with van der Waals surface area (Å²) in [7, 11) is -3.19. The summed E-state index contributed by atoms with van der Waals surface area (Å²) in [6.07, 6.45) is 7.53. The van der Waals surface area contributed by atoms with Gasteiger partial charge in [0.05, 0.1) is 5.25 Å². The van der Waals surface area contributed by atoms with E-state index in [9.17, 15) is 8.42 Å². The van der Waals surface area contributed by atoms with Crippen LogP contribution in [0, 0.1) is 5.92 Å². The molecule has 2 aliphatic rings. The lowest BCUT2D eigenvalue weighted by molar-refractivity contribution is 0.128. The molecule has 3 atom stereocenters. The molecule has 1 saturated heterocycles. The monoisotopic (exact) mass is 274 g/mol. The first-order valence-corrected chi connectivity index (χ1v) is 8.82. The third-order valence-electron chi connectivity index (χ3n) is 4.66. The topological polar surface area (TPSA) is 63.4 Å². The highest BCUT2D eigenvalue weighted by molar-refractivity contribution is 7.89. The van der Waals surface area contributed by atoms with Crippen molar-refractivity contribution in [1.82, 2.24) is 4.31 Å². The smallest absolute Gasteiger partial charge is 0.218 e. The van der Waals surface area contributed by atoms with Crippen LogP contribution in [-0.4, -0.2) is 37.1 Å². The van der Waals surface area contributed by atoms with Crippen LogP contribution in [0.15, 0.2) is 0 Å². The molecule has 0 aromatic carbocycles. The Morgan fingerprint density at radius 1 is 1.22 bits per heavy atom. The quantitative estimate of drug-likeness (QED) is 0.849. The highest BCUT2D eigenvalue weighted by Crippen LogP contribution is 2.37. The van der Waals surface area contributed by atoms with E-state index in [0.717, 1.165) is 12.8 Å². The molecular weight excluding hydrogens is 248 g/mol. The predicted octanol–water partition coefficient (Wildman–Crippen LogP) is 1.71. The maximum atomic E-state index is 12.6. The Morgan fingerprint density at radius 3 is 2.56 bits per heavy atom. The second-order valence-electron chi connectivity index (χ2n) is 5.68. The largest absolute Gasteiger partial charge is 0.329 e. The SMILES string of the molecule is CCC(CN)S(=O)(=O)N1CCCC2CCCCC21. The maximum absolute atomic E-state index is 12.6. The van der Waals surface area contributed by atoms with E-state index in [1.807, 2.05) is 6.92 Å². The molecule has 2 N–H and O–H groups in total. The Bertz CT molecular complexity index is 363. The van der Waals surface area contributed by atoms with Crippen LogP contribution in [-0.2, 0) is 10.0 Å². The molecule has 18 heavy (non-hydrogen) atoms. The summed E-state index contributed by atoms with van der Waals surface area (Å²) in [5, 5.41) is -0.391. The van der Waals surface area contributed by atoms with Crippen LogP contribution in [0.4, 0.5) is 0 Å². The molecule has 1 aliphatic carbocycles. The molecule has 0 bridgehead atoms. The van der Waals surface area contributed by atoms with Crippen LogP contribution < -0.4 is 5.73 Å². The Morgan fingerprint density at radius 2 is 1.89 bits per heavy atom. The van der Waals surface area contributed by atoms with Crippen LogP contribution in [0.2, 0.25) is 0 Å². The van der Waals surface area contributed by atoms with Crippen molar-refractivity contribution in [1.29, 1.82) is 0 Å². The molecule has 0 amide bonds. The molecule has 0 radical (unpaired) electrons. The average molecular weight is 274 g/mol. The summed E-state index contributed by atoms with van der Waals surface area (Å²) in [6, 6.07) is 0.262. The first-order chi connectivity index (χ1) is 8.61. The zero-order valence-electron chi connectivity index (χ0n) is 11.3. The average Bonchev–Trinajstić information content (AvgIpc) is 2.39. The molecule has 5 heteroatoms. The van der Waals surface area contributed by atoms with Crippen molar-refractivity contribution in [2.45, 2.75) is 63.2 Å². The van der Waals surface area contributed by atoms with E-state index < -0.39 is 15.3 Å². The van der Waals surface area contributed by atoms with Gasteiger partial charge in [0.25, 0.3) is 0 Å². The molecular formula is C13H26N2O2S. The number of hydrogen-bond donors (Lipinski definition) is 1. The lowest BCUT2D eigenvalue weighted by atomic mass is 9.79. The molecule has 0 aromatic rings. The van der Waals surface area contributed by atoms with Gasteiger partial charge in [-0.1, -0.05) is 19.8 Å². The van der Waals surface area contributed by atoms with Gasteiger partial charge in [-0.2, -0.15) is 4.31 Å². The molecule has 2 fully saturated rings. The number of nitrogens with zero attached hydrogens (tertiary/aromatic N) is 1. The zero-order chi connectivity index (χ0) is 13.2. The van der Waals surface area contributed by atoms with E-state index in [2.05, 4.69) is 0 Å². The van der Waals surface area contributed by atoms with Crippen molar-refractivity contribution in [2.75, 3.05) is 13.1 Å². The second kappa shape index (κ2) is 5.88. The molecule has 1 saturated carbocycles. The van der Waals surface area contributed by atoms with Crippen molar-refractivity contribution in [3.05, 3.63) is 0 Å². The van der Waals surface area contributed by atoms with E-state index in [1.54, 1.807) is 4.31 Å². The summed E-state index contributed by atoms with van der Waals surface area (Å²) < 4.78 is 27.1. The van der Waals surface area contributed by atoms with E-state index >= 15 is 0 Å². The third kappa shape index (κ3) is 2.58. The molecule has 4 nitrogen and oxygen atoms in total. The molecule has 0 aromatic heterocycles. The fraction of sp³-hybridized carbons (Fsp3) is 1.00. The Labute approximate surface area is 111 Å². The number of nitrogens with two attached hydrogens (primary N) is 1. The minimum atomic E-state index is -3.19. The summed E-state index contributed by atoms with van der Waals surface area (Å²) in [6.45, 7) is 2.87. The van der Waals surface area contributed by atoms with E-state index in [0.29, 0.717) is 18.9 Å². The first kappa shape index (κ1) is 14.3. The van der Waals surface area contributed by atoms with E-state index in [4.69, 9.17) is 5.73 Å². The van der Waals surface area contributed by atoms with Gasteiger partial charge in [-0.05, 0) is 38.0 Å². The van der Waals surface area contributed by atoms with Gasteiger partial charge < -0.3 is 5.73 Å². The lowest BCUT2D eigenvalue weighted by Crippen LogP contribution is -2.53. The fourth-order valence-electron chi connectivity index (χ4n) is 3.59. The molecule has 106 valence electrons. The van der Waals surface area contributed by atoms with Crippen molar-refractivity contribution in [2.24, 2.45) is 11.7 Å². The van der Waals surface area contributed by atoms with Crippen molar-refractivity contribution in [3.63, 3.8) is 0 Å². The highest BCUT2D eigenvalue weighted by atomic mass is 32.2. The minimum absolute atomic E-state index is 0.243. The lowest BCUT2D eigenvalue weighted by Gasteiger charge is -2.44. The van der Waals surface area contributed by atoms with Gasteiger partial charge in [0.1, 0.15) is 0 Å². The Hall–Kier alpha value is -0.130. The van der Waals surface area contributed by atoms with Crippen LogP contribution in [0.3, 0.4) is 0 Å². The maximum Gasteiger partial charge on any atom is 0.218 e. The number of piperidine rings is 1. The van der Waals surface area contributed by atoms with Crippen molar-refractivity contribution in [3.8, 4) is 0 Å².